The highest BCUT2D eigenvalue weighted by molar-refractivity contribution is 5.68. The first-order valence-electron chi connectivity index (χ1n) is 5.83. The van der Waals surface area contributed by atoms with Gasteiger partial charge < -0.3 is 15.4 Å². The van der Waals surface area contributed by atoms with Gasteiger partial charge in [0.1, 0.15) is 5.60 Å². The quantitative estimate of drug-likeness (QED) is 0.689. The van der Waals surface area contributed by atoms with Crippen LogP contribution in [0.25, 0.3) is 0 Å². The summed E-state index contributed by atoms with van der Waals surface area (Å²) in [5.41, 5.74) is 5.59. The number of hydrogen-bond acceptors (Lipinski definition) is 3. The molecule has 1 heterocycles. The summed E-state index contributed by atoms with van der Waals surface area (Å²) in [5, 5.41) is 0. The topological polar surface area (TPSA) is 55.6 Å². The van der Waals surface area contributed by atoms with Crippen molar-refractivity contribution in [3.05, 3.63) is 0 Å². The summed E-state index contributed by atoms with van der Waals surface area (Å²) in [7, 11) is 0. The summed E-state index contributed by atoms with van der Waals surface area (Å²) >= 11 is 0. The minimum atomic E-state index is -0.442. The second kappa shape index (κ2) is 4.24. The van der Waals surface area contributed by atoms with Crippen LogP contribution in [0.15, 0.2) is 0 Å². The number of piperidine rings is 1. The van der Waals surface area contributed by atoms with Gasteiger partial charge in [0.2, 0.25) is 0 Å². The van der Waals surface area contributed by atoms with Gasteiger partial charge in [0, 0.05) is 19.1 Å². The molecule has 0 saturated carbocycles. The molecule has 4 nitrogen and oxygen atoms in total. The third kappa shape index (κ3) is 4.00. The molecule has 16 heavy (non-hydrogen) atoms. The van der Waals surface area contributed by atoms with E-state index in [4.69, 9.17) is 10.5 Å². The predicted octanol–water partition coefficient (Wildman–Crippen LogP) is 1.98. The Morgan fingerprint density at radius 2 is 2.00 bits per heavy atom. The van der Waals surface area contributed by atoms with Gasteiger partial charge in [-0.2, -0.15) is 0 Å². The molecule has 1 amide bonds. The van der Waals surface area contributed by atoms with Gasteiger partial charge >= 0.3 is 6.09 Å². The minimum Gasteiger partial charge on any atom is -0.444 e. The van der Waals surface area contributed by atoms with Crippen LogP contribution in [-0.4, -0.2) is 35.7 Å². The van der Waals surface area contributed by atoms with Gasteiger partial charge in [0.25, 0.3) is 0 Å². The van der Waals surface area contributed by atoms with E-state index >= 15 is 0 Å². The summed E-state index contributed by atoms with van der Waals surface area (Å²) in [5.74, 6) is 0. The van der Waals surface area contributed by atoms with Crippen molar-refractivity contribution in [2.45, 2.75) is 52.7 Å². The van der Waals surface area contributed by atoms with Crippen molar-refractivity contribution in [2.24, 2.45) is 11.1 Å². The molecule has 1 fully saturated rings. The third-order valence-corrected chi connectivity index (χ3v) is 2.54. The molecule has 0 radical (unpaired) electrons. The lowest BCUT2D eigenvalue weighted by atomic mass is 9.82. The van der Waals surface area contributed by atoms with Crippen LogP contribution >= 0.6 is 0 Å². The molecule has 4 heteroatoms. The Hall–Kier alpha value is -0.770. The average molecular weight is 228 g/mol. The lowest BCUT2D eigenvalue weighted by Gasteiger charge is -2.41. The average Bonchev–Trinajstić information content (AvgIpc) is 1.96. The van der Waals surface area contributed by atoms with E-state index < -0.39 is 5.60 Å². The highest BCUT2D eigenvalue weighted by atomic mass is 16.6. The highest BCUT2D eigenvalue weighted by Crippen LogP contribution is 2.28. The van der Waals surface area contributed by atoms with Crippen molar-refractivity contribution in [3.8, 4) is 0 Å². The molecular formula is C12H24N2O2. The highest BCUT2D eigenvalue weighted by Gasteiger charge is 2.35. The van der Waals surface area contributed by atoms with Crippen molar-refractivity contribution < 1.29 is 9.53 Å². The van der Waals surface area contributed by atoms with Crippen molar-refractivity contribution >= 4 is 6.09 Å². The number of amides is 1. The van der Waals surface area contributed by atoms with E-state index in [1.54, 1.807) is 4.90 Å². The maximum Gasteiger partial charge on any atom is 0.410 e. The van der Waals surface area contributed by atoms with Crippen LogP contribution in [0.5, 0.6) is 0 Å². The molecule has 0 unspecified atom stereocenters. The van der Waals surface area contributed by atoms with E-state index in [-0.39, 0.29) is 17.6 Å². The first-order chi connectivity index (χ1) is 7.09. The molecule has 0 aromatic heterocycles. The number of carbonyl (C=O) groups excluding carboxylic acids is 1. The molecule has 1 saturated heterocycles. The summed E-state index contributed by atoms with van der Waals surface area (Å²) < 4.78 is 5.35. The van der Waals surface area contributed by atoms with Gasteiger partial charge in [0.15, 0.2) is 0 Å². The smallest absolute Gasteiger partial charge is 0.410 e. The molecule has 1 atom stereocenters. The van der Waals surface area contributed by atoms with Gasteiger partial charge in [-0.1, -0.05) is 13.8 Å². The number of nitrogens with two attached hydrogens (primary N) is 1. The standard InChI is InChI=1S/C12H24N2O2/c1-11(2,3)16-10(15)14-7-9(13)6-12(4,5)8-14/h9H,6-8,13H2,1-5H3/t9-/m1/s1. The van der Waals surface area contributed by atoms with Crippen LogP contribution in [0, 0.1) is 5.41 Å². The van der Waals surface area contributed by atoms with Gasteiger partial charge in [-0.3, -0.25) is 0 Å². The minimum absolute atomic E-state index is 0.0521. The van der Waals surface area contributed by atoms with E-state index in [1.807, 2.05) is 20.8 Å². The first kappa shape index (κ1) is 13.3. The Labute approximate surface area is 98.1 Å². The maximum atomic E-state index is 11.9. The van der Waals surface area contributed by atoms with E-state index in [0.717, 1.165) is 13.0 Å². The fourth-order valence-corrected chi connectivity index (χ4v) is 2.17. The fourth-order valence-electron chi connectivity index (χ4n) is 2.17. The predicted molar refractivity (Wildman–Crippen MR) is 64.2 cm³/mol. The summed E-state index contributed by atoms with van der Waals surface area (Å²) in [6.45, 7) is 11.2. The van der Waals surface area contributed by atoms with Gasteiger partial charge in [-0.15, -0.1) is 0 Å². The van der Waals surface area contributed by atoms with E-state index in [9.17, 15) is 4.79 Å². The second-order valence-electron chi connectivity index (χ2n) is 6.49. The lowest BCUT2D eigenvalue weighted by molar-refractivity contribution is 0.00597. The lowest BCUT2D eigenvalue weighted by Crippen LogP contribution is -2.53. The largest absolute Gasteiger partial charge is 0.444 e. The molecule has 1 aliphatic rings. The molecule has 1 rings (SSSR count). The van der Waals surface area contributed by atoms with Crippen LogP contribution in [0.2, 0.25) is 0 Å². The first-order valence-corrected chi connectivity index (χ1v) is 5.83. The van der Waals surface area contributed by atoms with Crippen LogP contribution in [0.4, 0.5) is 4.79 Å². The second-order valence-corrected chi connectivity index (χ2v) is 6.49. The van der Waals surface area contributed by atoms with Crippen molar-refractivity contribution in [1.29, 1.82) is 0 Å². The van der Waals surface area contributed by atoms with Crippen LogP contribution in [0.1, 0.15) is 41.0 Å². The summed E-state index contributed by atoms with van der Waals surface area (Å²) in [6, 6.07) is 0.0521. The Morgan fingerprint density at radius 1 is 1.44 bits per heavy atom. The van der Waals surface area contributed by atoms with Crippen molar-refractivity contribution in [2.75, 3.05) is 13.1 Å². The third-order valence-electron chi connectivity index (χ3n) is 2.54. The molecule has 0 aromatic carbocycles. The molecular weight excluding hydrogens is 204 g/mol. The summed E-state index contributed by atoms with van der Waals surface area (Å²) in [4.78, 5) is 13.6. The van der Waals surface area contributed by atoms with Crippen molar-refractivity contribution in [3.63, 3.8) is 0 Å². The van der Waals surface area contributed by atoms with E-state index in [2.05, 4.69) is 13.8 Å². The van der Waals surface area contributed by atoms with Gasteiger partial charge in [-0.25, -0.2) is 4.79 Å². The van der Waals surface area contributed by atoms with Crippen LogP contribution in [-0.2, 0) is 4.74 Å². The molecule has 2 N–H and O–H groups in total. The van der Waals surface area contributed by atoms with Crippen molar-refractivity contribution in [1.82, 2.24) is 4.90 Å². The van der Waals surface area contributed by atoms with E-state index in [1.165, 1.54) is 0 Å². The Balaban J connectivity index is 2.63. The Bertz CT molecular complexity index is 269. The number of nitrogens with zero attached hydrogens (tertiary/aromatic N) is 1. The zero-order valence-electron chi connectivity index (χ0n) is 11.0. The van der Waals surface area contributed by atoms with Gasteiger partial charge in [-0.05, 0) is 32.6 Å². The van der Waals surface area contributed by atoms with Gasteiger partial charge in [0.05, 0.1) is 0 Å². The fraction of sp³-hybridized carbons (Fsp3) is 0.917. The number of carbonyl (C=O) groups is 1. The van der Waals surface area contributed by atoms with E-state index in [0.29, 0.717) is 6.54 Å². The normalized spacial score (nSPS) is 25.4. The molecule has 0 bridgehead atoms. The summed E-state index contributed by atoms with van der Waals surface area (Å²) in [6.07, 6.45) is 0.697. The number of likely N-dealkylation sites (tertiary alicyclic amines) is 1. The Morgan fingerprint density at radius 3 is 2.44 bits per heavy atom. The number of rotatable bonds is 0. The molecule has 0 spiro atoms. The SMILES string of the molecule is CC1(C)C[C@@H](N)CN(C(=O)OC(C)(C)C)C1. The maximum absolute atomic E-state index is 11.9. The Kier molecular flexibility index (Phi) is 3.53. The molecule has 94 valence electrons. The van der Waals surface area contributed by atoms with Crippen LogP contribution in [0.3, 0.4) is 0 Å². The number of hydrogen-bond donors (Lipinski definition) is 1. The molecule has 0 aromatic rings. The molecule has 0 aliphatic carbocycles. The van der Waals surface area contributed by atoms with Crippen LogP contribution < -0.4 is 5.73 Å². The zero-order chi connectivity index (χ0) is 12.6. The number of ether oxygens (including phenoxy) is 1. The monoisotopic (exact) mass is 228 g/mol. The zero-order valence-corrected chi connectivity index (χ0v) is 11.0. The molecule has 1 aliphatic heterocycles.